The third kappa shape index (κ3) is 3.99. The molecule has 0 spiro atoms. The Balaban J connectivity index is 1.73. The van der Waals surface area contributed by atoms with Gasteiger partial charge in [-0.2, -0.15) is 0 Å². The third-order valence-electron chi connectivity index (χ3n) is 3.65. The predicted octanol–water partition coefficient (Wildman–Crippen LogP) is 2.24. The van der Waals surface area contributed by atoms with Crippen molar-refractivity contribution in [3.05, 3.63) is 64.0 Å². The molecule has 0 unspecified atom stereocenters. The molecule has 0 amide bonds. The van der Waals surface area contributed by atoms with Gasteiger partial charge in [-0.05, 0) is 6.07 Å². The number of phenolic OH excluding ortho intramolecular Hbond substituents is 1. The second-order valence-electron chi connectivity index (χ2n) is 5.44. The highest BCUT2D eigenvalue weighted by molar-refractivity contribution is 7.98. The summed E-state index contributed by atoms with van der Waals surface area (Å²) in [4.78, 5) is 11.5. The highest BCUT2D eigenvalue weighted by atomic mass is 32.2. The largest absolute Gasteiger partial charge is 0.508 e. The summed E-state index contributed by atoms with van der Waals surface area (Å²) in [5.41, 5.74) is 3.47. The Morgan fingerprint density at radius 2 is 2.04 bits per heavy atom. The van der Waals surface area contributed by atoms with Gasteiger partial charge in [-0.3, -0.25) is 4.79 Å². The van der Waals surface area contributed by atoms with Crippen molar-refractivity contribution in [2.45, 2.75) is 30.8 Å². The number of thioether (sulfide) groups is 1. The van der Waals surface area contributed by atoms with E-state index in [0.717, 1.165) is 17.7 Å². The van der Waals surface area contributed by atoms with Gasteiger partial charge in [0.25, 0.3) is 0 Å². The first-order valence-corrected chi connectivity index (χ1v) is 8.95. The number of nitrogens with zero attached hydrogens (tertiary/aromatic N) is 3. The highest BCUT2D eigenvalue weighted by Crippen LogP contribution is 2.22. The zero-order chi connectivity index (χ0) is 18.5. The van der Waals surface area contributed by atoms with Crippen LogP contribution in [0.3, 0.4) is 0 Å². The van der Waals surface area contributed by atoms with Crippen LogP contribution < -0.4 is 10.9 Å². The lowest BCUT2D eigenvalue weighted by Crippen LogP contribution is -2.18. The van der Waals surface area contributed by atoms with E-state index in [1.165, 1.54) is 17.8 Å². The van der Waals surface area contributed by atoms with Crippen LogP contribution in [0.1, 0.15) is 24.1 Å². The summed E-state index contributed by atoms with van der Waals surface area (Å²) in [6.45, 7) is 2.37. The van der Waals surface area contributed by atoms with E-state index in [0.29, 0.717) is 29.6 Å². The summed E-state index contributed by atoms with van der Waals surface area (Å²) in [6, 6.07) is 8.33. The molecule has 2 heterocycles. The highest BCUT2D eigenvalue weighted by Gasteiger charge is 2.13. The number of nitrogens with one attached hydrogen (secondary N) is 1. The number of aryl methyl sites for hydroxylation is 1. The minimum atomic E-state index is -0.486. The van der Waals surface area contributed by atoms with Gasteiger partial charge in [0.2, 0.25) is 10.6 Å². The average Bonchev–Trinajstić information content (AvgIpc) is 3.04. The van der Waals surface area contributed by atoms with Crippen LogP contribution in [0.25, 0.3) is 0 Å². The van der Waals surface area contributed by atoms with Gasteiger partial charge in [0, 0.05) is 18.1 Å². The summed E-state index contributed by atoms with van der Waals surface area (Å²) in [5, 5.41) is 28.0. The van der Waals surface area contributed by atoms with Gasteiger partial charge in [-0.1, -0.05) is 36.9 Å². The first-order valence-electron chi connectivity index (χ1n) is 7.97. The maximum absolute atomic E-state index is 11.5. The van der Waals surface area contributed by atoms with Gasteiger partial charge >= 0.3 is 0 Å². The Kier molecular flexibility index (Phi) is 5.47. The molecule has 0 fully saturated rings. The number of phenols is 1. The Hall–Kier alpha value is -2.94. The van der Waals surface area contributed by atoms with Crippen LogP contribution in [0.4, 0.5) is 0 Å². The minimum Gasteiger partial charge on any atom is -0.508 e. The molecule has 0 atom stereocenters. The number of hydrogen-bond acceptors (Lipinski definition) is 8. The lowest BCUT2D eigenvalue weighted by molar-refractivity contribution is 0.419. The molecule has 9 heteroatoms. The zero-order valence-electron chi connectivity index (χ0n) is 14.0. The fourth-order valence-corrected chi connectivity index (χ4v) is 3.08. The SMILES string of the molecule is CCc1nnc(SCc2cc(=O)c(O)co2)n1NCc1ccccc1O. The zero-order valence-corrected chi connectivity index (χ0v) is 14.9. The fraction of sp³-hybridized carbons (Fsp3) is 0.235. The van der Waals surface area contributed by atoms with Gasteiger partial charge in [0.1, 0.15) is 17.8 Å². The molecular formula is C17H18N4O4S. The summed E-state index contributed by atoms with van der Waals surface area (Å²) in [7, 11) is 0. The topological polar surface area (TPSA) is 113 Å². The molecule has 3 rings (SSSR count). The second-order valence-corrected chi connectivity index (χ2v) is 6.38. The summed E-state index contributed by atoms with van der Waals surface area (Å²) in [6.07, 6.45) is 1.70. The molecule has 3 N–H and O–H groups in total. The Labute approximate surface area is 153 Å². The van der Waals surface area contributed by atoms with Crippen LogP contribution in [-0.2, 0) is 18.7 Å². The van der Waals surface area contributed by atoms with Crippen molar-refractivity contribution in [3.63, 3.8) is 0 Å². The van der Waals surface area contributed by atoms with Crippen LogP contribution in [0.15, 0.2) is 51.0 Å². The van der Waals surface area contributed by atoms with E-state index in [1.807, 2.05) is 19.1 Å². The summed E-state index contributed by atoms with van der Waals surface area (Å²) in [5.74, 6) is 1.32. The van der Waals surface area contributed by atoms with E-state index in [2.05, 4.69) is 15.6 Å². The standard InChI is InChI=1S/C17H18N4O4S/c1-2-16-19-20-17(26-10-12-7-14(23)15(24)9-25-12)21(16)18-8-11-5-3-4-6-13(11)22/h3-7,9,18,22,24H,2,8,10H2,1H3. The molecule has 0 saturated carbocycles. The molecule has 0 bridgehead atoms. The van der Waals surface area contributed by atoms with Gasteiger partial charge in [0.15, 0.2) is 11.6 Å². The number of aromatic nitrogens is 3. The van der Waals surface area contributed by atoms with E-state index in [-0.39, 0.29) is 5.75 Å². The van der Waals surface area contributed by atoms with Gasteiger partial charge in [0.05, 0.1) is 12.3 Å². The lowest BCUT2D eigenvalue weighted by atomic mass is 10.2. The molecule has 8 nitrogen and oxygen atoms in total. The number of rotatable bonds is 7. The molecular weight excluding hydrogens is 356 g/mol. The molecule has 0 radical (unpaired) electrons. The van der Waals surface area contributed by atoms with Gasteiger partial charge in [-0.15, -0.1) is 10.2 Å². The van der Waals surface area contributed by atoms with E-state index in [1.54, 1.807) is 16.8 Å². The van der Waals surface area contributed by atoms with Crippen LogP contribution >= 0.6 is 11.8 Å². The molecule has 0 aliphatic heterocycles. The molecule has 0 aliphatic carbocycles. The first-order chi connectivity index (χ1) is 12.6. The Bertz CT molecular complexity index is 954. The van der Waals surface area contributed by atoms with E-state index in [9.17, 15) is 15.0 Å². The number of para-hydroxylation sites is 1. The molecule has 136 valence electrons. The van der Waals surface area contributed by atoms with Crippen molar-refractivity contribution in [1.82, 2.24) is 14.9 Å². The lowest BCUT2D eigenvalue weighted by Gasteiger charge is -2.12. The van der Waals surface area contributed by atoms with Crippen molar-refractivity contribution < 1.29 is 14.6 Å². The summed E-state index contributed by atoms with van der Waals surface area (Å²) >= 11 is 1.34. The molecule has 3 aromatic rings. The molecule has 1 aromatic carbocycles. The molecule has 2 aromatic heterocycles. The third-order valence-corrected chi connectivity index (χ3v) is 4.60. The number of hydrogen-bond donors (Lipinski definition) is 3. The molecule has 0 saturated heterocycles. The predicted molar refractivity (Wildman–Crippen MR) is 96.8 cm³/mol. The van der Waals surface area contributed by atoms with E-state index < -0.39 is 11.2 Å². The second kappa shape index (κ2) is 7.96. The average molecular weight is 374 g/mol. The maximum Gasteiger partial charge on any atom is 0.226 e. The van der Waals surface area contributed by atoms with Crippen molar-refractivity contribution in [2.75, 3.05) is 5.43 Å². The van der Waals surface area contributed by atoms with Crippen molar-refractivity contribution in [2.24, 2.45) is 0 Å². The quantitative estimate of drug-likeness (QED) is 0.540. The fourth-order valence-electron chi connectivity index (χ4n) is 2.26. The number of benzene rings is 1. The first kappa shape index (κ1) is 17.9. The minimum absolute atomic E-state index is 0.214. The normalized spacial score (nSPS) is 10.8. The van der Waals surface area contributed by atoms with Crippen LogP contribution in [0.5, 0.6) is 11.5 Å². The summed E-state index contributed by atoms with van der Waals surface area (Å²) < 4.78 is 6.96. The van der Waals surface area contributed by atoms with Gasteiger partial charge < -0.3 is 20.1 Å². The molecule has 26 heavy (non-hydrogen) atoms. The maximum atomic E-state index is 11.5. The van der Waals surface area contributed by atoms with Gasteiger partial charge in [-0.25, -0.2) is 4.68 Å². The number of aromatic hydroxyl groups is 2. The Morgan fingerprint density at radius 1 is 1.23 bits per heavy atom. The monoisotopic (exact) mass is 374 g/mol. The van der Waals surface area contributed by atoms with Crippen molar-refractivity contribution in [3.8, 4) is 11.5 Å². The van der Waals surface area contributed by atoms with Crippen LogP contribution in [0.2, 0.25) is 0 Å². The van der Waals surface area contributed by atoms with E-state index in [4.69, 9.17) is 4.42 Å². The smallest absolute Gasteiger partial charge is 0.226 e. The van der Waals surface area contributed by atoms with Crippen LogP contribution in [0, 0.1) is 0 Å². The Morgan fingerprint density at radius 3 is 2.77 bits per heavy atom. The van der Waals surface area contributed by atoms with Crippen molar-refractivity contribution in [1.29, 1.82) is 0 Å². The van der Waals surface area contributed by atoms with Crippen molar-refractivity contribution >= 4 is 11.8 Å². The molecule has 0 aliphatic rings. The van der Waals surface area contributed by atoms with Crippen LogP contribution in [-0.4, -0.2) is 25.1 Å². The van der Waals surface area contributed by atoms with E-state index >= 15 is 0 Å².